The largest absolute Gasteiger partial charge is 2.00 e. The zero-order valence-corrected chi connectivity index (χ0v) is 19.9. The molecule has 0 bridgehead atoms. The number of benzene rings is 2. The normalized spacial score (nSPS) is 11.4. The molecule has 0 atom stereocenters. The van der Waals surface area contributed by atoms with E-state index in [4.69, 9.17) is 5.73 Å². The van der Waals surface area contributed by atoms with E-state index in [1.54, 1.807) is 0 Å². The van der Waals surface area contributed by atoms with Crippen molar-refractivity contribution in [2.24, 2.45) is 0 Å². The molecule has 1 N–H and O–H groups in total. The first-order valence-corrected chi connectivity index (χ1v) is 8.48. The Morgan fingerprint density at radius 3 is 1.96 bits per heavy atom. The van der Waals surface area contributed by atoms with Gasteiger partial charge in [0, 0.05) is 0 Å². The molecule has 4 heteroatoms. The van der Waals surface area contributed by atoms with Gasteiger partial charge in [0.25, 0.3) is 0 Å². The molecule has 0 spiro atoms. The maximum Gasteiger partial charge on any atom is 2.00 e. The van der Waals surface area contributed by atoms with Crippen LogP contribution in [0.3, 0.4) is 0 Å². The van der Waals surface area contributed by atoms with Gasteiger partial charge >= 0.3 is 21.7 Å². The Morgan fingerprint density at radius 1 is 0.926 bits per heavy atom. The molecule has 1 aliphatic rings. The molecule has 144 valence electrons. The summed E-state index contributed by atoms with van der Waals surface area (Å²) in [5.74, 6) is 0. The average Bonchev–Trinajstić information content (AvgIpc) is 2.99. The molecule has 0 heterocycles. The quantitative estimate of drug-likeness (QED) is 0.334. The van der Waals surface area contributed by atoms with Crippen molar-refractivity contribution in [3.63, 3.8) is 0 Å². The number of hydrogen-bond acceptors (Lipinski definition) is 0. The van der Waals surface area contributed by atoms with Gasteiger partial charge < -0.3 is 5.73 Å². The third-order valence-electron chi connectivity index (χ3n) is 4.44. The second-order valence-corrected chi connectivity index (χ2v) is 6.42. The molecule has 27 heavy (non-hydrogen) atoms. The van der Waals surface area contributed by atoms with E-state index in [2.05, 4.69) is 63.6 Å². The van der Waals surface area contributed by atoms with Crippen LogP contribution in [0.25, 0.3) is 11.3 Å². The van der Waals surface area contributed by atoms with Gasteiger partial charge in [-0.05, 0) is 34.1 Å². The van der Waals surface area contributed by atoms with E-state index < -0.39 is 0 Å². The predicted molar refractivity (Wildman–Crippen MR) is 121 cm³/mol. The van der Waals surface area contributed by atoms with Crippen LogP contribution in [0.4, 0.5) is 5.69 Å². The van der Waals surface area contributed by atoms with Gasteiger partial charge in [0.05, 0.1) is 0 Å². The van der Waals surface area contributed by atoms with Crippen LogP contribution in [0.5, 0.6) is 0 Å². The minimum Gasteiger partial charge on any atom is -0.698 e. The van der Waals surface area contributed by atoms with Crippen LogP contribution < -0.4 is 0 Å². The summed E-state index contributed by atoms with van der Waals surface area (Å²) < 4.78 is 0. The molecule has 0 unspecified atom stereocenters. The fourth-order valence-corrected chi connectivity index (χ4v) is 3.14. The fourth-order valence-electron chi connectivity index (χ4n) is 3.14. The molecular weight excluding hydrogens is 409 g/mol. The second kappa shape index (κ2) is 13.1. The predicted octanol–water partition coefficient (Wildman–Crippen LogP) is 8.13. The molecule has 0 saturated carbocycles. The fraction of sp³-hybridized carbons (Fsp3) is 0.261. The van der Waals surface area contributed by atoms with Gasteiger partial charge in [0.2, 0.25) is 0 Å². The van der Waals surface area contributed by atoms with Crippen molar-refractivity contribution in [2.75, 3.05) is 0 Å². The maximum absolute atomic E-state index is 7.54. The average molecular weight is 438 g/mol. The molecule has 0 radical (unpaired) electrons. The van der Waals surface area contributed by atoms with Gasteiger partial charge in [-0.15, -0.1) is 48.2 Å². The molecule has 0 amide bonds. The Labute approximate surface area is 192 Å². The molecule has 0 saturated heterocycles. The molecule has 3 rings (SSSR count). The van der Waals surface area contributed by atoms with Crippen molar-refractivity contribution in [3.8, 4) is 0 Å². The van der Waals surface area contributed by atoms with Gasteiger partial charge in [0.1, 0.15) is 0 Å². The number of halogens is 2. The summed E-state index contributed by atoms with van der Waals surface area (Å²) in [5, 5.41) is 0. The Balaban J connectivity index is 0. The van der Waals surface area contributed by atoms with Gasteiger partial charge in [-0.2, -0.15) is 18.1 Å². The third kappa shape index (κ3) is 7.43. The summed E-state index contributed by atoms with van der Waals surface area (Å²) in [4.78, 5) is 0. The first-order chi connectivity index (χ1) is 11.4. The molecule has 1 aliphatic carbocycles. The third-order valence-corrected chi connectivity index (χ3v) is 4.44. The van der Waals surface area contributed by atoms with Crippen molar-refractivity contribution in [3.05, 3.63) is 94.1 Å². The SMILES string of the molecule is C[CH-]c1ccccc1C1=C(C)C=CC1.Cc1cc(C)c([NH-])c(C)c1.Cl.Cl.[Ti+2]. The zero-order valence-electron chi connectivity index (χ0n) is 16.7. The topological polar surface area (TPSA) is 23.8 Å². The number of allylic oxidation sites excluding steroid dienone is 4. The van der Waals surface area contributed by atoms with Crippen LogP contribution in [0.2, 0.25) is 0 Å². The van der Waals surface area contributed by atoms with Crippen molar-refractivity contribution in [1.29, 1.82) is 0 Å². The van der Waals surface area contributed by atoms with Crippen LogP contribution in [0.1, 0.15) is 48.1 Å². The first-order valence-electron chi connectivity index (χ1n) is 8.48. The van der Waals surface area contributed by atoms with Crippen molar-refractivity contribution < 1.29 is 21.7 Å². The zero-order chi connectivity index (χ0) is 17.7. The summed E-state index contributed by atoms with van der Waals surface area (Å²) in [6.45, 7) is 10.3. The van der Waals surface area contributed by atoms with E-state index in [1.165, 1.54) is 27.8 Å². The van der Waals surface area contributed by atoms with E-state index in [0.717, 1.165) is 17.5 Å². The van der Waals surface area contributed by atoms with Crippen LogP contribution in [0.15, 0.2) is 54.1 Å². The minimum absolute atomic E-state index is 0. The molecule has 2 aromatic carbocycles. The monoisotopic (exact) mass is 437 g/mol. The Kier molecular flexibility index (Phi) is 13.7. The second-order valence-electron chi connectivity index (χ2n) is 6.42. The van der Waals surface area contributed by atoms with Gasteiger partial charge in [-0.3, -0.25) is 0 Å². The molecule has 0 aliphatic heterocycles. The van der Waals surface area contributed by atoms with E-state index >= 15 is 0 Å². The van der Waals surface area contributed by atoms with E-state index in [-0.39, 0.29) is 46.5 Å². The van der Waals surface area contributed by atoms with Crippen LogP contribution in [-0.2, 0) is 21.7 Å². The van der Waals surface area contributed by atoms with E-state index in [0.29, 0.717) is 5.69 Å². The van der Waals surface area contributed by atoms with E-state index in [1.807, 2.05) is 26.0 Å². The maximum atomic E-state index is 7.54. The van der Waals surface area contributed by atoms with Gasteiger partial charge in [-0.1, -0.05) is 65.1 Å². The number of hydrogen-bond donors (Lipinski definition) is 0. The van der Waals surface area contributed by atoms with Crippen LogP contribution >= 0.6 is 24.8 Å². The van der Waals surface area contributed by atoms with E-state index in [9.17, 15) is 0 Å². The molecule has 1 nitrogen and oxygen atoms in total. The molecule has 2 aromatic rings. The number of rotatable bonds is 2. The van der Waals surface area contributed by atoms with Crippen molar-refractivity contribution >= 4 is 36.1 Å². The summed E-state index contributed by atoms with van der Waals surface area (Å²) >= 11 is 0. The summed E-state index contributed by atoms with van der Waals surface area (Å²) in [5.41, 5.74) is 17.2. The van der Waals surface area contributed by atoms with Gasteiger partial charge in [0.15, 0.2) is 0 Å². The summed E-state index contributed by atoms with van der Waals surface area (Å²) in [6.07, 6.45) is 7.70. The Hall–Kier alpha value is -1.12. The number of aryl methyl sites for hydroxylation is 3. The summed E-state index contributed by atoms with van der Waals surface area (Å²) in [7, 11) is 0. The van der Waals surface area contributed by atoms with Crippen LogP contribution in [0, 0.1) is 27.2 Å². The Bertz CT molecular complexity index is 772. The van der Waals surface area contributed by atoms with Crippen molar-refractivity contribution in [1.82, 2.24) is 0 Å². The standard InChI is InChI=1S/C14H15.C9H12N.2ClH.Ti/c1-3-12-8-4-5-9-14(12)13-10-6-7-11(13)2;1-6-4-7(2)9(10)8(3)5-6;;;/h3-9H,10H2,1-2H3;4-5,10H,1-3H3;2*1H;/q2*-1;;;+2. The molecule has 0 fully saturated rings. The van der Waals surface area contributed by atoms with Crippen LogP contribution in [-0.4, -0.2) is 0 Å². The smallest absolute Gasteiger partial charge is 0.698 e. The number of nitrogens with one attached hydrogen (secondary N) is 1. The molecular formula is C23H29Cl2NTi. The van der Waals surface area contributed by atoms with Gasteiger partial charge in [-0.25, -0.2) is 0 Å². The minimum atomic E-state index is 0. The molecule has 0 aromatic heterocycles. The Morgan fingerprint density at radius 2 is 1.48 bits per heavy atom. The first kappa shape index (κ1) is 28.1. The summed E-state index contributed by atoms with van der Waals surface area (Å²) in [6, 6.07) is 12.7. The van der Waals surface area contributed by atoms with Crippen molar-refractivity contribution in [2.45, 2.75) is 41.0 Å².